The van der Waals surface area contributed by atoms with Gasteiger partial charge < -0.3 is 20.4 Å². The first kappa shape index (κ1) is 20.5. The van der Waals surface area contributed by atoms with Gasteiger partial charge in [0, 0.05) is 10.4 Å². The van der Waals surface area contributed by atoms with Crippen LogP contribution in [0.3, 0.4) is 0 Å². The average molecular weight is 262 g/mol. The molecule has 87 valence electrons. The first-order valence-corrected chi connectivity index (χ1v) is 4.59. The molecule has 0 unspecified atom stereocenters. The molecule has 16 heavy (non-hydrogen) atoms. The molecule has 1 aromatic carbocycles. The molecule has 7 nitrogen and oxygen atoms in total. The van der Waals surface area contributed by atoms with Gasteiger partial charge in [-0.2, -0.15) is 0 Å². The van der Waals surface area contributed by atoms with Crippen LogP contribution >= 0.6 is 0 Å². The molecule has 0 fully saturated rings. The maximum atomic E-state index is 10.2. The number of aromatic carboxylic acids is 1. The second kappa shape index (κ2) is 9.29. The van der Waals surface area contributed by atoms with Gasteiger partial charge in [-0.25, -0.2) is 4.79 Å². The molecule has 0 saturated carbocycles. The van der Waals surface area contributed by atoms with Gasteiger partial charge in [-0.3, -0.25) is 8.42 Å². The largest absolute Gasteiger partial charge is 2.00 e. The summed E-state index contributed by atoms with van der Waals surface area (Å²) in [5, 5.41) is 8.38. The SMILES string of the molecule is N.O=C(O)c1ccccc1.O=S(=O)([O-])[O-].[Al+2]. The number of rotatable bonds is 1. The molecule has 4 N–H and O–H groups in total. The normalized spacial score (nSPS) is 8.62. The van der Waals surface area contributed by atoms with Gasteiger partial charge in [0.25, 0.3) is 0 Å². The third kappa shape index (κ3) is 15.5. The van der Waals surface area contributed by atoms with Crippen LogP contribution in [0.5, 0.6) is 0 Å². The second-order valence-corrected chi connectivity index (χ2v) is 2.90. The minimum atomic E-state index is -5.17. The standard InChI is InChI=1S/C7H6O2.Al.H3N.H2O4S/c8-7(9)6-4-2-1-3-5-6;;;1-5(2,3)4/h1-5H,(H,8,9);;1H3;(H2,1,2,3,4)/q;+2;;/p-2. The molecule has 0 atom stereocenters. The van der Waals surface area contributed by atoms with E-state index in [4.69, 9.17) is 22.6 Å². The fourth-order valence-corrected chi connectivity index (χ4v) is 0.581. The zero-order valence-electron chi connectivity index (χ0n) is 8.07. The van der Waals surface area contributed by atoms with Crippen molar-refractivity contribution in [2.24, 2.45) is 0 Å². The van der Waals surface area contributed by atoms with E-state index in [1.807, 2.05) is 0 Å². The Morgan fingerprint density at radius 1 is 1.12 bits per heavy atom. The smallest absolute Gasteiger partial charge is 0.759 e. The van der Waals surface area contributed by atoms with E-state index in [2.05, 4.69) is 0 Å². The summed E-state index contributed by atoms with van der Waals surface area (Å²) < 4.78 is 34.1. The molecule has 0 aromatic heterocycles. The molecule has 0 amide bonds. The monoisotopic (exact) mass is 262 g/mol. The third-order valence-corrected chi connectivity index (χ3v) is 1.02. The quantitative estimate of drug-likeness (QED) is 0.404. The fourth-order valence-electron chi connectivity index (χ4n) is 0.581. The molecule has 1 radical (unpaired) electrons. The van der Waals surface area contributed by atoms with Gasteiger partial charge in [0.15, 0.2) is 0 Å². The number of carbonyl (C=O) groups is 1. The molecule has 0 spiro atoms. The Bertz CT molecular complexity index is 385. The van der Waals surface area contributed by atoms with E-state index in [0.29, 0.717) is 5.56 Å². The Morgan fingerprint density at radius 3 is 1.62 bits per heavy atom. The number of carboxylic acids is 1. The second-order valence-electron chi connectivity index (χ2n) is 2.08. The first-order valence-electron chi connectivity index (χ1n) is 3.26. The van der Waals surface area contributed by atoms with Crippen LogP contribution in [-0.4, -0.2) is 46.0 Å². The first-order chi connectivity index (χ1) is 6.30. The van der Waals surface area contributed by atoms with Crippen molar-refractivity contribution in [1.29, 1.82) is 0 Å². The summed E-state index contributed by atoms with van der Waals surface area (Å²) in [6.45, 7) is 0. The van der Waals surface area contributed by atoms with Crippen LogP contribution in [0.15, 0.2) is 30.3 Å². The van der Waals surface area contributed by atoms with Gasteiger partial charge in [-0.1, -0.05) is 18.2 Å². The molecule has 1 rings (SSSR count). The van der Waals surface area contributed by atoms with Crippen molar-refractivity contribution in [2.75, 3.05) is 0 Å². The Kier molecular flexibility index (Phi) is 11.9. The van der Waals surface area contributed by atoms with E-state index in [1.165, 1.54) is 0 Å². The van der Waals surface area contributed by atoms with Crippen molar-refractivity contribution in [1.82, 2.24) is 6.15 Å². The predicted molar refractivity (Wildman–Crippen MR) is 54.7 cm³/mol. The summed E-state index contributed by atoms with van der Waals surface area (Å²) in [5.74, 6) is -0.879. The fraction of sp³-hybridized carbons (Fsp3) is 0. The molecule has 0 aliphatic carbocycles. The Morgan fingerprint density at radius 2 is 1.44 bits per heavy atom. The average Bonchev–Trinajstić information content (AvgIpc) is 2.03. The predicted octanol–water partition coefficient (Wildman–Crippen LogP) is -0.172. The minimum Gasteiger partial charge on any atom is -0.759 e. The van der Waals surface area contributed by atoms with Gasteiger partial charge in [0.2, 0.25) is 0 Å². The van der Waals surface area contributed by atoms with Crippen molar-refractivity contribution < 1.29 is 27.4 Å². The molecule has 0 aliphatic rings. The number of hydrogen-bond donors (Lipinski definition) is 2. The van der Waals surface area contributed by atoms with Crippen LogP contribution in [0.4, 0.5) is 0 Å². The maximum absolute atomic E-state index is 10.2. The summed E-state index contributed by atoms with van der Waals surface area (Å²) in [6.07, 6.45) is 0. The molecule has 0 bridgehead atoms. The van der Waals surface area contributed by atoms with Crippen molar-refractivity contribution in [2.45, 2.75) is 0 Å². The molecule has 0 aliphatic heterocycles. The topological polar surface area (TPSA) is 153 Å². The summed E-state index contributed by atoms with van der Waals surface area (Å²) in [4.78, 5) is 10.2. The van der Waals surface area contributed by atoms with Crippen LogP contribution < -0.4 is 6.15 Å². The number of hydrogen-bond acceptors (Lipinski definition) is 6. The number of carboxylic acid groups (broad SMARTS) is 1. The zero-order chi connectivity index (χ0) is 11.2. The molecule has 0 heterocycles. The van der Waals surface area contributed by atoms with Crippen molar-refractivity contribution in [3.05, 3.63) is 35.9 Å². The Hall–Kier alpha value is -0.948. The van der Waals surface area contributed by atoms with Crippen LogP contribution in [-0.2, 0) is 10.4 Å². The number of benzene rings is 1. The summed E-state index contributed by atoms with van der Waals surface area (Å²) >= 11 is 0. The van der Waals surface area contributed by atoms with Gasteiger partial charge in [-0.15, -0.1) is 0 Å². The molecule has 0 saturated heterocycles. The van der Waals surface area contributed by atoms with E-state index in [0.717, 1.165) is 0 Å². The molecular weight excluding hydrogens is 253 g/mol. The van der Waals surface area contributed by atoms with E-state index >= 15 is 0 Å². The summed E-state index contributed by atoms with van der Waals surface area (Å²) in [6, 6.07) is 8.30. The van der Waals surface area contributed by atoms with Crippen LogP contribution in [0.1, 0.15) is 10.4 Å². The van der Waals surface area contributed by atoms with E-state index in [1.54, 1.807) is 30.3 Å². The third-order valence-electron chi connectivity index (χ3n) is 1.02. The molecule has 1 aromatic rings. The van der Waals surface area contributed by atoms with Gasteiger partial charge >= 0.3 is 23.3 Å². The summed E-state index contributed by atoms with van der Waals surface area (Å²) in [7, 11) is -5.17. The zero-order valence-corrected chi connectivity index (χ0v) is 10.0. The molecule has 9 heteroatoms. The summed E-state index contributed by atoms with van der Waals surface area (Å²) in [5.41, 5.74) is 0.331. The van der Waals surface area contributed by atoms with Gasteiger partial charge in [0.05, 0.1) is 5.56 Å². The van der Waals surface area contributed by atoms with Crippen LogP contribution in [0.2, 0.25) is 0 Å². The van der Waals surface area contributed by atoms with Crippen molar-refractivity contribution in [3.63, 3.8) is 0 Å². The van der Waals surface area contributed by atoms with Crippen molar-refractivity contribution in [3.8, 4) is 0 Å². The van der Waals surface area contributed by atoms with E-state index < -0.39 is 16.4 Å². The Balaban J connectivity index is -0.000000214. The van der Waals surface area contributed by atoms with Crippen molar-refractivity contribution >= 4 is 33.7 Å². The van der Waals surface area contributed by atoms with Crippen LogP contribution in [0.25, 0.3) is 0 Å². The van der Waals surface area contributed by atoms with Gasteiger partial charge in [-0.05, 0) is 12.1 Å². The Labute approximate surface area is 103 Å². The molecular formula is C7H9AlNO6S. The maximum Gasteiger partial charge on any atom is 2.00 e. The van der Waals surface area contributed by atoms with Gasteiger partial charge in [0.1, 0.15) is 0 Å². The van der Waals surface area contributed by atoms with Crippen LogP contribution in [0, 0.1) is 0 Å². The van der Waals surface area contributed by atoms with E-state index in [9.17, 15) is 4.79 Å². The minimum absolute atomic E-state index is 0. The van der Waals surface area contributed by atoms with E-state index in [-0.39, 0.29) is 23.5 Å².